The zero-order valence-electron chi connectivity index (χ0n) is 9.79. The van der Waals surface area contributed by atoms with Gasteiger partial charge in [-0.1, -0.05) is 6.92 Å². The van der Waals surface area contributed by atoms with Crippen molar-refractivity contribution in [2.45, 2.75) is 24.0 Å². The molecule has 100 valence electrons. The Labute approximate surface area is 109 Å². The molecule has 1 atom stereocenters. The maximum Gasteiger partial charge on any atom is 0.356 e. The largest absolute Gasteiger partial charge is 0.476 e. The quantitative estimate of drug-likeness (QED) is 0.819. The van der Waals surface area contributed by atoms with Crippen LogP contribution in [0.3, 0.4) is 0 Å². The molecule has 2 rings (SSSR count). The van der Waals surface area contributed by atoms with Gasteiger partial charge in [0.15, 0.2) is 9.90 Å². The summed E-state index contributed by atoms with van der Waals surface area (Å²) in [6.07, 6.45) is 2.29. The molecule has 6 nitrogen and oxygen atoms in total. The molecule has 1 aliphatic rings. The number of nitrogens with one attached hydrogen (secondary N) is 1. The minimum Gasteiger partial charge on any atom is -0.476 e. The number of aromatic nitrogens is 1. The Morgan fingerprint density at radius 1 is 1.67 bits per heavy atom. The van der Waals surface area contributed by atoms with Gasteiger partial charge in [0.1, 0.15) is 0 Å². The number of carbonyl (C=O) groups is 1. The van der Waals surface area contributed by atoms with Gasteiger partial charge >= 0.3 is 5.97 Å². The average Bonchev–Trinajstić information content (AvgIpc) is 3.01. The second kappa shape index (κ2) is 4.94. The summed E-state index contributed by atoms with van der Waals surface area (Å²) in [4.78, 5) is 14.4. The van der Waals surface area contributed by atoms with Crippen molar-refractivity contribution < 1.29 is 18.3 Å². The van der Waals surface area contributed by atoms with E-state index in [9.17, 15) is 13.2 Å². The first-order valence-corrected chi connectivity index (χ1v) is 7.94. The normalized spacial score (nSPS) is 17.6. The number of sulfonamides is 1. The predicted octanol–water partition coefficient (Wildman–Crippen LogP) is 1.17. The van der Waals surface area contributed by atoms with Crippen molar-refractivity contribution in [3.05, 3.63) is 11.2 Å². The van der Waals surface area contributed by atoms with Gasteiger partial charge in [0.25, 0.3) is 10.0 Å². The van der Waals surface area contributed by atoms with Gasteiger partial charge in [-0.3, -0.25) is 0 Å². The third kappa shape index (κ3) is 2.88. The molecule has 0 aromatic carbocycles. The molecule has 0 bridgehead atoms. The number of carboxylic acid groups (broad SMARTS) is 1. The van der Waals surface area contributed by atoms with Crippen molar-refractivity contribution in [1.29, 1.82) is 0 Å². The summed E-state index contributed by atoms with van der Waals surface area (Å²) in [6, 6.07) is 0. The lowest BCUT2D eigenvalue weighted by molar-refractivity contribution is 0.0687. The summed E-state index contributed by atoms with van der Waals surface area (Å²) in [5, 5.41) is 8.85. The Hall–Kier alpha value is -0.990. The van der Waals surface area contributed by atoms with Crippen LogP contribution in [0, 0.1) is 11.8 Å². The first-order chi connectivity index (χ1) is 8.42. The number of thiazole rings is 1. The number of hydrogen-bond donors (Lipinski definition) is 2. The van der Waals surface area contributed by atoms with Crippen LogP contribution in [0.4, 0.5) is 0 Å². The lowest BCUT2D eigenvalue weighted by Gasteiger charge is -2.11. The van der Waals surface area contributed by atoms with Crippen molar-refractivity contribution in [3.8, 4) is 0 Å². The number of rotatable bonds is 6. The molecule has 1 saturated carbocycles. The zero-order valence-corrected chi connectivity index (χ0v) is 11.4. The van der Waals surface area contributed by atoms with Crippen LogP contribution in [0.5, 0.6) is 0 Å². The molecule has 1 aliphatic carbocycles. The van der Waals surface area contributed by atoms with E-state index in [1.54, 1.807) is 0 Å². The molecule has 0 radical (unpaired) electrons. The van der Waals surface area contributed by atoms with Crippen LogP contribution in [-0.4, -0.2) is 31.0 Å². The van der Waals surface area contributed by atoms with Crippen LogP contribution < -0.4 is 4.72 Å². The lowest BCUT2D eigenvalue weighted by Crippen LogP contribution is -2.29. The topological polar surface area (TPSA) is 96.4 Å². The predicted molar refractivity (Wildman–Crippen MR) is 66.1 cm³/mol. The lowest BCUT2D eigenvalue weighted by atomic mass is 10.1. The standard InChI is InChI=1S/C10H14N2O4S2/c1-6(7-2-3-7)4-12-18(15,16)10-8(9(13)14)11-5-17-10/h5-7,12H,2-4H2,1H3,(H,13,14). The molecule has 0 amide bonds. The fourth-order valence-corrected chi connectivity index (χ4v) is 4.03. The minimum absolute atomic E-state index is 0.224. The molecule has 0 spiro atoms. The van der Waals surface area contributed by atoms with E-state index < -0.39 is 21.7 Å². The highest BCUT2D eigenvalue weighted by atomic mass is 32.2. The first kappa shape index (κ1) is 13.4. The van der Waals surface area contributed by atoms with Crippen LogP contribution in [0.15, 0.2) is 9.72 Å². The van der Waals surface area contributed by atoms with Crippen molar-refractivity contribution in [1.82, 2.24) is 9.71 Å². The maximum absolute atomic E-state index is 12.0. The Bertz CT molecular complexity index is 548. The van der Waals surface area contributed by atoms with E-state index in [4.69, 9.17) is 5.11 Å². The van der Waals surface area contributed by atoms with E-state index >= 15 is 0 Å². The monoisotopic (exact) mass is 290 g/mol. The van der Waals surface area contributed by atoms with Crippen LogP contribution >= 0.6 is 11.3 Å². The molecule has 2 N–H and O–H groups in total. The number of hydrogen-bond acceptors (Lipinski definition) is 5. The summed E-state index contributed by atoms with van der Waals surface area (Å²) < 4.78 is 26.2. The second-order valence-electron chi connectivity index (χ2n) is 4.46. The van der Waals surface area contributed by atoms with E-state index in [2.05, 4.69) is 9.71 Å². The summed E-state index contributed by atoms with van der Waals surface area (Å²) >= 11 is 0.818. The van der Waals surface area contributed by atoms with Gasteiger partial charge < -0.3 is 5.11 Å². The molecule has 8 heteroatoms. The summed E-state index contributed by atoms with van der Waals surface area (Å²) in [7, 11) is -3.77. The van der Waals surface area contributed by atoms with Gasteiger partial charge in [0, 0.05) is 6.54 Å². The smallest absolute Gasteiger partial charge is 0.356 e. The Morgan fingerprint density at radius 3 is 2.89 bits per heavy atom. The Morgan fingerprint density at radius 2 is 2.33 bits per heavy atom. The molecule has 1 aromatic heterocycles. The van der Waals surface area contributed by atoms with Crippen molar-refractivity contribution in [2.75, 3.05) is 6.54 Å². The van der Waals surface area contributed by atoms with Crippen LogP contribution in [0.25, 0.3) is 0 Å². The van der Waals surface area contributed by atoms with Gasteiger partial charge in [0.05, 0.1) is 5.51 Å². The van der Waals surface area contributed by atoms with E-state index in [0.29, 0.717) is 12.5 Å². The molecule has 1 fully saturated rings. The average molecular weight is 290 g/mol. The highest BCUT2D eigenvalue weighted by molar-refractivity contribution is 7.91. The third-order valence-corrected chi connectivity index (χ3v) is 5.80. The molecule has 1 unspecified atom stereocenters. The Balaban J connectivity index is 2.09. The maximum atomic E-state index is 12.0. The molecule has 0 aliphatic heterocycles. The van der Waals surface area contributed by atoms with E-state index in [-0.39, 0.29) is 10.1 Å². The Kier molecular flexibility index (Phi) is 3.69. The van der Waals surface area contributed by atoms with Gasteiger partial charge in [-0.25, -0.2) is 22.9 Å². The fraction of sp³-hybridized carbons (Fsp3) is 0.600. The minimum atomic E-state index is -3.77. The van der Waals surface area contributed by atoms with Crippen molar-refractivity contribution in [3.63, 3.8) is 0 Å². The van der Waals surface area contributed by atoms with Gasteiger partial charge in [-0.15, -0.1) is 11.3 Å². The summed E-state index contributed by atoms with van der Waals surface area (Å²) in [5.74, 6) is -0.457. The summed E-state index contributed by atoms with van der Waals surface area (Å²) in [6.45, 7) is 2.33. The van der Waals surface area contributed by atoms with Crippen LogP contribution in [0.2, 0.25) is 0 Å². The number of nitrogens with zero attached hydrogens (tertiary/aromatic N) is 1. The number of carboxylic acids is 1. The SMILES string of the molecule is CC(CNS(=O)(=O)c1scnc1C(=O)O)C1CC1. The molecule has 1 aromatic rings. The van der Waals surface area contributed by atoms with Crippen LogP contribution in [-0.2, 0) is 10.0 Å². The second-order valence-corrected chi connectivity index (χ2v) is 7.28. The van der Waals surface area contributed by atoms with Gasteiger partial charge in [-0.05, 0) is 24.7 Å². The van der Waals surface area contributed by atoms with Crippen molar-refractivity contribution >= 4 is 27.3 Å². The fourth-order valence-electron chi connectivity index (χ4n) is 1.71. The highest BCUT2D eigenvalue weighted by Gasteiger charge is 2.30. The third-order valence-electron chi connectivity index (χ3n) is 3.00. The summed E-state index contributed by atoms with van der Waals surface area (Å²) in [5.41, 5.74) is 0.814. The molecule has 0 saturated heterocycles. The first-order valence-electron chi connectivity index (χ1n) is 5.58. The van der Waals surface area contributed by atoms with Crippen molar-refractivity contribution in [2.24, 2.45) is 11.8 Å². The van der Waals surface area contributed by atoms with E-state index in [0.717, 1.165) is 24.2 Å². The number of aromatic carboxylic acids is 1. The highest BCUT2D eigenvalue weighted by Crippen LogP contribution is 2.36. The van der Waals surface area contributed by atoms with Gasteiger partial charge in [-0.2, -0.15) is 0 Å². The molecular weight excluding hydrogens is 276 g/mol. The molecule has 18 heavy (non-hydrogen) atoms. The van der Waals surface area contributed by atoms with E-state index in [1.807, 2.05) is 6.92 Å². The van der Waals surface area contributed by atoms with Gasteiger partial charge in [0.2, 0.25) is 0 Å². The zero-order chi connectivity index (χ0) is 13.3. The molecular formula is C10H14N2O4S2. The van der Waals surface area contributed by atoms with E-state index in [1.165, 1.54) is 5.51 Å². The van der Waals surface area contributed by atoms with Crippen LogP contribution in [0.1, 0.15) is 30.3 Å². The molecule has 1 heterocycles.